The summed E-state index contributed by atoms with van der Waals surface area (Å²) in [6.07, 6.45) is 1.54. The zero-order valence-electron chi connectivity index (χ0n) is 16.2. The van der Waals surface area contributed by atoms with Crippen LogP contribution in [0.5, 0.6) is 5.75 Å². The van der Waals surface area contributed by atoms with Gasteiger partial charge in [-0.25, -0.2) is 0 Å². The minimum absolute atomic E-state index is 0.0353. The number of methoxy groups -OCH3 is 1. The van der Waals surface area contributed by atoms with Gasteiger partial charge in [-0.3, -0.25) is 9.59 Å². The van der Waals surface area contributed by atoms with E-state index >= 15 is 0 Å². The van der Waals surface area contributed by atoms with Crippen molar-refractivity contribution in [2.45, 2.75) is 26.3 Å². The zero-order valence-corrected chi connectivity index (χ0v) is 17.0. The summed E-state index contributed by atoms with van der Waals surface area (Å²) in [6, 6.07) is 14.5. The maximum absolute atomic E-state index is 12.9. The van der Waals surface area contributed by atoms with Gasteiger partial charge in [-0.2, -0.15) is 0 Å². The molecule has 2 aromatic rings. The van der Waals surface area contributed by atoms with E-state index in [4.69, 9.17) is 16.3 Å². The normalized spacial score (nSPS) is 19.2. The number of hydrogen-bond donors (Lipinski definition) is 1. The van der Waals surface area contributed by atoms with Crippen LogP contribution in [0.2, 0.25) is 5.02 Å². The first kappa shape index (κ1) is 20.2. The quantitative estimate of drug-likeness (QED) is 0.827. The fourth-order valence-corrected chi connectivity index (χ4v) is 3.73. The van der Waals surface area contributed by atoms with Gasteiger partial charge in [0.1, 0.15) is 5.75 Å². The molecule has 0 aromatic heterocycles. The summed E-state index contributed by atoms with van der Waals surface area (Å²) >= 11 is 6.01. The molecule has 1 aliphatic rings. The number of likely N-dealkylation sites (tertiary alicyclic amines) is 1. The van der Waals surface area contributed by atoms with E-state index in [0.717, 1.165) is 24.2 Å². The molecule has 0 saturated carbocycles. The summed E-state index contributed by atoms with van der Waals surface area (Å²) in [6.45, 7) is 3.41. The van der Waals surface area contributed by atoms with Crippen molar-refractivity contribution < 1.29 is 14.3 Å². The molecule has 1 saturated heterocycles. The van der Waals surface area contributed by atoms with E-state index in [9.17, 15) is 9.59 Å². The highest BCUT2D eigenvalue weighted by molar-refractivity contribution is 6.30. The number of carbonyl (C=O) groups excluding carboxylic acids is 2. The van der Waals surface area contributed by atoms with Gasteiger partial charge in [-0.15, -0.1) is 0 Å². The summed E-state index contributed by atoms with van der Waals surface area (Å²) < 4.78 is 5.15. The summed E-state index contributed by atoms with van der Waals surface area (Å²) in [5.74, 6) is 0.660. The van der Waals surface area contributed by atoms with E-state index in [0.29, 0.717) is 30.2 Å². The van der Waals surface area contributed by atoms with Gasteiger partial charge in [0.15, 0.2) is 0 Å². The highest BCUT2D eigenvalue weighted by Gasteiger charge is 2.39. The molecule has 0 aliphatic carbocycles. The minimum Gasteiger partial charge on any atom is -0.497 e. The first-order valence-corrected chi connectivity index (χ1v) is 9.75. The number of hydrogen-bond acceptors (Lipinski definition) is 3. The number of nitrogens with one attached hydrogen (secondary N) is 1. The summed E-state index contributed by atoms with van der Waals surface area (Å²) in [7, 11) is 1.62. The highest BCUT2D eigenvalue weighted by atomic mass is 35.5. The molecule has 1 N–H and O–H groups in total. The van der Waals surface area contributed by atoms with Crippen molar-refractivity contribution in [2.24, 2.45) is 5.41 Å². The van der Waals surface area contributed by atoms with E-state index in [1.165, 1.54) is 0 Å². The topological polar surface area (TPSA) is 58.6 Å². The number of piperidine rings is 1. The Hall–Kier alpha value is -2.53. The van der Waals surface area contributed by atoms with Gasteiger partial charge in [0.25, 0.3) is 5.91 Å². The largest absolute Gasteiger partial charge is 0.497 e. The lowest BCUT2D eigenvalue weighted by atomic mass is 9.80. The number of nitrogens with zero attached hydrogens (tertiary/aromatic N) is 1. The molecule has 3 rings (SSSR count). The molecule has 148 valence electrons. The Morgan fingerprint density at radius 3 is 2.64 bits per heavy atom. The number of ether oxygens (including phenoxy) is 1. The molecule has 2 amide bonds. The van der Waals surface area contributed by atoms with Gasteiger partial charge in [-0.1, -0.05) is 29.8 Å². The lowest BCUT2D eigenvalue weighted by molar-refractivity contribution is -0.132. The molecule has 0 spiro atoms. The smallest absolute Gasteiger partial charge is 0.253 e. The third-order valence-corrected chi connectivity index (χ3v) is 5.45. The maximum atomic E-state index is 12.9. The van der Waals surface area contributed by atoms with E-state index in [2.05, 4.69) is 5.32 Å². The summed E-state index contributed by atoms with van der Waals surface area (Å²) in [4.78, 5) is 27.5. The molecule has 1 aliphatic heterocycles. The maximum Gasteiger partial charge on any atom is 0.253 e. The van der Waals surface area contributed by atoms with E-state index < -0.39 is 5.41 Å². The number of halogens is 1. The van der Waals surface area contributed by atoms with Crippen molar-refractivity contribution in [3.63, 3.8) is 0 Å². The highest BCUT2D eigenvalue weighted by Crippen LogP contribution is 2.31. The lowest BCUT2D eigenvalue weighted by Crippen LogP contribution is -2.51. The Bertz CT molecular complexity index is 853. The van der Waals surface area contributed by atoms with Crippen LogP contribution in [-0.2, 0) is 11.3 Å². The van der Waals surface area contributed by atoms with Crippen molar-refractivity contribution in [2.75, 3.05) is 20.2 Å². The van der Waals surface area contributed by atoms with Crippen LogP contribution >= 0.6 is 11.6 Å². The third kappa shape index (κ3) is 4.65. The van der Waals surface area contributed by atoms with Crippen molar-refractivity contribution in [3.05, 3.63) is 64.7 Å². The number of benzene rings is 2. The predicted molar refractivity (Wildman–Crippen MR) is 110 cm³/mol. The molecule has 6 heteroatoms. The molecule has 1 fully saturated rings. The second-order valence-electron chi connectivity index (χ2n) is 7.43. The number of rotatable bonds is 5. The van der Waals surface area contributed by atoms with Crippen LogP contribution in [0.25, 0.3) is 0 Å². The van der Waals surface area contributed by atoms with Crippen LogP contribution in [0.3, 0.4) is 0 Å². The third-order valence-electron chi connectivity index (χ3n) is 5.22. The molecule has 1 heterocycles. The van der Waals surface area contributed by atoms with Crippen LogP contribution in [0, 0.1) is 5.41 Å². The fourth-order valence-electron chi connectivity index (χ4n) is 3.54. The van der Waals surface area contributed by atoms with E-state index in [1.54, 1.807) is 36.3 Å². The van der Waals surface area contributed by atoms with Crippen LogP contribution in [0.4, 0.5) is 0 Å². The van der Waals surface area contributed by atoms with Gasteiger partial charge < -0.3 is 15.0 Å². The number of carbonyl (C=O) groups is 2. The average Bonchev–Trinajstić information content (AvgIpc) is 2.71. The standard InChI is InChI=1S/C22H25ClN2O3/c1-22(21(27)24-14-16-7-9-19(28-2)10-8-16)11-4-12-25(15-22)20(26)17-5-3-6-18(23)13-17/h3,5-10,13H,4,11-12,14-15H2,1-2H3,(H,24,27)/t22-/m1/s1. The van der Waals surface area contributed by atoms with Crippen LogP contribution in [-0.4, -0.2) is 36.9 Å². The van der Waals surface area contributed by atoms with Crippen molar-refractivity contribution in [1.29, 1.82) is 0 Å². The summed E-state index contributed by atoms with van der Waals surface area (Å²) in [5, 5.41) is 3.55. The molecular formula is C22H25ClN2O3. The Kier molecular flexibility index (Phi) is 6.25. The molecule has 0 unspecified atom stereocenters. The van der Waals surface area contributed by atoms with Crippen molar-refractivity contribution in [3.8, 4) is 5.75 Å². The summed E-state index contributed by atoms with van der Waals surface area (Å²) in [5.41, 5.74) is 0.940. The molecular weight excluding hydrogens is 376 g/mol. The Balaban J connectivity index is 1.63. The average molecular weight is 401 g/mol. The molecule has 0 radical (unpaired) electrons. The van der Waals surface area contributed by atoms with Gasteiger partial charge in [0.05, 0.1) is 12.5 Å². The number of amides is 2. The lowest BCUT2D eigenvalue weighted by Gasteiger charge is -2.39. The Labute approximate surface area is 170 Å². The SMILES string of the molecule is COc1ccc(CNC(=O)[C@]2(C)CCCN(C(=O)c3cccc(Cl)c3)C2)cc1. The van der Waals surface area contributed by atoms with Crippen molar-refractivity contribution in [1.82, 2.24) is 10.2 Å². The predicted octanol–water partition coefficient (Wildman–Crippen LogP) is 3.91. The molecule has 1 atom stereocenters. The van der Waals surface area contributed by atoms with Crippen molar-refractivity contribution >= 4 is 23.4 Å². The van der Waals surface area contributed by atoms with Gasteiger partial charge in [0, 0.05) is 30.2 Å². The monoisotopic (exact) mass is 400 g/mol. The molecule has 28 heavy (non-hydrogen) atoms. The molecule has 0 bridgehead atoms. The van der Waals surface area contributed by atoms with Gasteiger partial charge in [0.2, 0.25) is 5.91 Å². The van der Waals surface area contributed by atoms with Gasteiger partial charge >= 0.3 is 0 Å². The second-order valence-corrected chi connectivity index (χ2v) is 7.87. The van der Waals surface area contributed by atoms with Crippen LogP contribution in [0.15, 0.2) is 48.5 Å². The minimum atomic E-state index is -0.612. The zero-order chi connectivity index (χ0) is 20.1. The first-order chi connectivity index (χ1) is 13.4. The van der Waals surface area contributed by atoms with E-state index in [-0.39, 0.29) is 11.8 Å². The fraction of sp³-hybridized carbons (Fsp3) is 0.364. The second kappa shape index (κ2) is 8.65. The van der Waals surface area contributed by atoms with Crippen LogP contribution < -0.4 is 10.1 Å². The molecule has 2 aromatic carbocycles. The van der Waals surface area contributed by atoms with E-state index in [1.807, 2.05) is 31.2 Å². The van der Waals surface area contributed by atoms with Gasteiger partial charge in [-0.05, 0) is 55.7 Å². The Morgan fingerprint density at radius 2 is 1.96 bits per heavy atom. The Morgan fingerprint density at radius 1 is 1.21 bits per heavy atom. The molecule has 5 nitrogen and oxygen atoms in total. The van der Waals surface area contributed by atoms with Crippen LogP contribution in [0.1, 0.15) is 35.7 Å². The first-order valence-electron chi connectivity index (χ1n) is 9.37.